The fourth-order valence-corrected chi connectivity index (χ4v) is 3.52. The summed E-state index contributed by atoms with van der Waals surface area (Å²) in [6.45, 7) is 0.754. The summed E-state index contributed by atoms with van der Waals surface area (Å²) in [6.07, 6.45) is 3.07. The van der Waals surface area contributed by atoms with E-state index >= 15 is 0 Å². The minimum atomic E-state index is -3.20. The second-order valence-corrected chi connectivity index (χ2v) is 6.61. The van der Waals surface area contributed by atoms with Gasteiger partial charge in [0, 0.05) is 12.6 Å². The highest BCUT2D eigenvalue weighted by molar-refractivity contribution is 7.88. The van der Waals surface area contributed by atoms with E-state index in [1.807, 2.05) is 31.3 Å². The van der Waals surface area contributed by atoms with E-state index < -0.39 is 10.0 Å². The molecule has 1 aliphatic carbocycles. The molecule has 0 saturated heterocycles. The maximum Gasteiger partial charge on any atom is 0.216 e. The molecule has 0 bridgehead atoms. The SMILES string of the molecule is CNCc1cccc(CS(=O)(=O)NC2CCC2)c1. The third-order valence-corrected chi connectivity index (χ3v) is 4.59. The number of rotatable bonds is 6. The average Bonchev–Trinajstić information content (AvgIpc) is 2.24. The van der Waals surface area contributed by atoms with Crippen LogP contribution in [0.2, 0.25) is 0 Å². The Morgan fingerprint density at radius 1 is 1.28 bits per heavy atom. The Balaban J connectivity index is 2.00. The summed E-state index contributed by atoms with van der Waals surface area (Å²) in [5.41, 5.74) is 1.95. The molecule has 0 unspecified atom stereocenters. The molecule has 5 heteroatoms. The summed E-state index contributed by atoms with van der Waals surface area (Å²) in [5.74, 6) is 0.0705. The van der Waals surface area contributed by atoms with Crippen LogP contribution in [0.1, 0.15) is 30.4 Å². The number of sulfonamides is 1. The van der Waals surface area contributed by atoms with E-state index in [4.69, 9.17) is 0 Å². The van der Waals surface area contributed by atoms with E-state index in [-0.39, 0.29) is 11.8 Å². The van der Waals surface area contributed by atoms with Crippen LogP contribution in [0.4, 0.5) is 0 Å². The zero-order chi connectivity index (χ0) is 13.0. The Hall–Kier alpha value is -0.910. The molecule has 100 valence electrons. The lowest BCUT2D eigenvalue weighted by molar-refractivity contribution is 0.383. The van der Waals surface area contributed by atoms with Crippen molar-refractivity contribution in [2.24, 2.45) is 0 Å². The first-order valence-corrected chi connectivity index (χ1v) is 7.97. The summed E-state index contributed by atoms with van der Waals surface area (Å²) >= 11 is 0. The number of hydrogen-bond donors (Lipinski definition) is 2. The Kier molecular flexibility index (Phi) is 4.37. The third-order valence-electron chi connectivity index (χ3n) is 3.18. The molecule has 1 saturated carbocycles. The molecule has 1 fully saturated rings. The van der Waals surface area contributed by atoms with Gasteiger partial charge < -0.3 is 5.32 Å². The standard InChI is InChI=1S/C13H20N2O2S/c1-14-9-11-4-2-5-12(8-11)10-18(16,17)15-13-6-3-7-13/h2,4-5,8,13-15H,3,6-7,9-10H2,1H3. The van der Waals surface area contributed by atoms with Crippen molar-refractivity contribution in [3.8, 4) is 0 Å². The van der Waals surface area contributed by atoms with Gasteiger partial charge >= 0.3 is 0 Å². The number of nitrogens with one attached hydrogen (secondary N) is 2. The highest BCUT2D eigenvalue weighted by Gasteiger charge is 2.23. The third kappa shape index (κ3) is 3.80. The second kappa shape index (κ2) is 5.82. The van der Waals surface area contributed by atoms with Gasteiger partial charge in [0.2, 0.25) is 10.0 Å². The van der Waals surface area contributed by atoms with Crippen molar-refractivity contribution in [3.63, 3.8) is 0 Å². The highest BCUT2D eigenvalue weighted by atomic mass is 32.2. The molecular formula is C13H20N2O2S. The van der Waals surface area contributed by atoms with Crippen LogP contribution >= 0.6 is 0 Å². The molecule has 0 amide bonds. The zero-order valence-electron chi connectivity index (χ0n) is 10.6. The van der Waals surface area contributed by atoms with E-state index in [1.54, 1.807) is 0 Å². The van der Waals surface area contributed by atoms with Crippen molar-refractivity contribution >= 4 is 10.0 Å². The molecule has 0 spiro atoms. The predicted molar refractivity (Wildman–Crippen MR) is 72.6 cm³/mol. The Morgan fingerprint density at radius 2 is 2.00 bits per heavy atom. The van der Waals surface area contributed by atoms with E-state index in [1.165, 1.54) is 0 Å². The maximum absolute atomic E-state index is 11.9. The van der Waals surface area contributed by atoms with Crippen molar-refractivity contribution in [1.29, 1.82) is 0 Å². The van der Waals surface area contributed by atoms with Gasteiger partial charge in [0.15, 0.2) is 0 Å². The number of benzene rings is 1. The lowest BCUT2D eigenvalue weighted by atomic mass is 9.94. The quantitative estimate of drug-likeness (QED) is 0.819. The minimum Gasteiger partial charge on any atom is -0.316 e. The molecule has 0 aliphatic heterocycles. The first-order chi connectivity index (χ1) is 8.59. The van der Waals surface area contributed by atoms with Gasteiger partial charge in [0.25, 0.3) is 0 Å². The first-order valence-electron chi connectivity index (χ1n) is 6.31. The molecule has 0 radical (unpaired) electrons. The van der Waals surface area contributed by atoms with Crippen molar-refractivity contribution in [2.45, 2.75) is 37.6 Å². The molecule has 1 aromatic rings. The van der Waals surface area contributed by atoms with Gasteiger partial charge in [-0.2, -0.15) is 0 Å². The van der Waals surface area contributed by atoms with Crippen molar-refractivity contribution in [2.75, 3.05) is 7.05 Å². The van der Waals surface area contributed by atoms with Gasteiger partial charge in [-0.1, -0.05) is 30.7 Å². The lowest BCUT2D eigenvalue weighted by Gasteiger charge is -2.26. The fourth-order valence-electron chi connectivity index (χ4n) is 2.07. The van der Waals surface area contributed by atoms with Crippen molar-refractivity contribution < 1.29 is 8.42 Å². The molecular weight excluding hydrogens is 248 g/mol. The summed E-state index contributed by atoms with van der Waals surface area (Å²) in [4.78, 5) is 0. The first kappa shape index (κ1) is 13.5. The highest BCUT2D eigenvalue weighted by Crippen LogP contribution is 2.20. The van der Waals surface area contributed by atoms with Gasteiger partial charge in [-0.15, -0.1) is 0 Å². The second-order valence-electron chi connectivity index (χ2n) is 4.86. The van der Waals surface area contributed by atoms with E-state index in [0.717, 1.165) is 36.9 Å². The van der Waals surface area contributed by atoms with Crippen molar-refractivity contribution in [1.82, 2.24) is 10.0 Å². The largest absolute Gasteiger partial charge is 0.316 e. The monoisotopic (exact) mass is 268 g/mol. The van der Waals surface area contributed by atoms with Crippen LogP contribution in [0.3, 0.4) is 0 Å². The van der Waals surface area contributed by atoms with Gasteiger partial charge in [-0.05, 0) is 31.0 Å². The van der Waals surface area contributed by atoms with Crippen LogP contribution in [-0.4, -0.2) is 21.5 Å². The molecule has 2 N–H and O–H groups in total. The molecule has 4 nitrogen and oxygen atoms in total. The average molecular weight is 268 g/mol. The van der Waals surface area contributed by atoms with Crippen LogP contribution < -0.4 is 10.0 Å². The van der Waals surface area contributed by atoms with Gasteiger partial charge in [0.1, 0.15) is 0 Å². The smallest absolute Gasteiger partial charge is 0.216 e. The molecule has 1 aliphatic rings. The van der Waals surface area contributed by atoms with Crippen molar-refractivity contribution in [3.05, 3.63) is 35.4 Å². The molecule has 1 aromatic carbocycles. The Labute approximate surface area is 109 Å². The topological polar surface area (TPSA) is 58.2 Å². The molecule has 2 rings (SSSR count). The zero-order valence-corrected chi connectivity index (χ0v) is 11.5. The molecule has 18 heavy (non-hydrogen) atoms. The van der Waals surface area contributed by atoms with Gasteiger partial charge in [0.05, 0.1) is 5.75 Å². The van der Waals surface area contributed by atoms with Gasteiger partial charge in [-0.25, -0.2) is 13.1 Å². The fraction of sp³-hybridized carbons (Fsp3) is 0.538. The summed E-state index contributed by atoms with van der Waals surface area (Å²) < 4.78 is 26.6. The predicted octanol–water partition coefficient (Wildman–Crippen LogP) is 1.38. The van der Waals surface area contributed by atoms with Crippen LogP contribution in [0.15, 0.2) is 24.3 Å². The Morgan fingerprint density at radius 3 is 2.61 bits per heavy atom. The van der Waals surface area contributed by atoms with Gasteiger partial charge in [-0.3, -0.25) is 0 Å². The summed E-state index contributed by atoms with van der Waals surface area (Å²) in [7, 11) is -1.32. The normalized spacial score (nSPS) is 16.5. The Bertz CT molecular complexity index is 495. The molecule has 0 heterocycles. The van der Waals surface area contributed by atoms with Crippen LogP contribution in [0.5, 0.6) is 0 Å². The van der Waals surface area contributed by atoms with E-state index in [2.05, 4.69) is 10.0 Å². The van der Waals surface area contributed by atoms with Crippen LogP contribution in [-0.2, 0) is 22.3 Å². The maximum atomic E-state index is 11.9. The number of hydrogen-bond acceptors (Lipinski definition) is 3. The summed E-state index contributed by atoms with van der Waals surface area (Å²) in [6, 6.07) is 7.86. The lowest BCUT2D eigenvalue weighted by Crippen LogP contribution is -2.40. The van der Waals surface area contributed by atoms with E-state index in [9.17, 15) is 8.42 Å². The minimum absolute atomic E-state index is 0.0705. The molecule has 0 aromatic heterocycles. The summed E-state index contributed by atoms with van der Waals surface area (Å²) in [5, 5.41) is 3.06. The molecule has 0 atom stereocenters. The van der Waals surface area contributed by atoms with Crippen LogP contribution in [0, 0.1) is 0 Å². The van der Waals surface area contributed by atoms with Crippen LogP contribution in [0.25, 0.3) is 0 Å². The van der Waals surface area contributed by atoms with E-state index in [0.29, 0.717) is 0 Å².